The SMILES string of the molecule is NCCc1ccc(OCc2ccccc2C(N)=O)cc1. The molecule has 1 amide bonds. The van der Waals surface area contributed by atoms with Gasteiger partial charge >= 0.3 is 0 Å². The van der Waals surface area contributed by atoms with Gasteiger partial charge < -0.3 is 16.2 Å². The number of carbonyl (C=O) groups is 1. The Hall–Kier alpha value is -2.33. The molecule has 0 bridgehead atoms. The lowest BCUT2D eigenvalue weighted by Crippen LogP contribution is -2.14. The summed E-state index contributed by atoms with van der Waals surface area (Å²) >= 11 is 0. The van der Waals surface area contributed by atoms with Crippen LogP contribution in [0.3, 0.4) is 0 Å². The maximum absolute atomic E-state index is 11.3. The maximum Gasteiger partial charge on any atom is 0.249 e. The molecule has 4 heteroatoms. The molecule has 4 nitrogen and oxygen atoms in total. The Bertz CT molecular complexity index is 579. The van der Waals surface area contributed by atoms with E-state index in [2.05, 4.69) is 0 Å². The summed E-state index contributed by atoms with van der Waals surface area (Å²) in [7, 11) is 0. The van der Waals surface area contributed by atoms with Gasteiger partial charge in [0.15, 0.2) is 0 Å². The van der Waals surface area contributed by atoms with E-state index in [-0.39, 0.29) is 0 Å². The number of nitrogens with two attached hydrogens (primary N) is 2. The van der Waals surface area contributed by atoms with Gasteiger partial charge in [0, 0.05) is 11.1 Å². The van der Waals surface area contributed by atoms with Gasteiger partial charge in [0.1, 0.15) is 12.4 Å². The van der Waals surface area contributed by atoms with Crippen LogP contribution in [0, 0.1) is 0 Å². The minimum Gasteiger partial charge on any atom is -0.489 e. The molecule has 2 aromatic carbocycles. The number of hydrogen-bond acceptors (Lipinski definition) is 3. The summed E-state index contributed by atoms with van der Waals surface area (Å²) in [5, 5.41) is 0. The number of carbonyl (C=O) groups excluding carboxylic acids is 1. The molecule has 0 saturated carbocycles. The summed E-state index contributed by atoms with van der Waals surface area (Å²) in [5.74, 6) is 0.313. The summed E-state index contributed by atoms with van der Waals surface area (Å²) in [4.78, 5) is 11.3. The highest BCUT2D eigenvalue weighted by Crippen LogP contribution is 2.16. The lowest BCUT2D eigenvalue weighted by atomic mass is 10.1. The van der Waals surface area contributed by atoms with E-state index in [9.17, 15) is 4.79 Å². The summed E-state index contributed by atoms with van der Waals surface area (Å²) in [6.45, 7) is 0.946. The average molecular weight is 270 g/mol. The first-order valence-corrected chi connectivity index (χ1v) is 6.50. The first-order chi connectivity index (χ1) is 9.70. The standard InChI is InChI=1S/C16H18N2O2/c17-10-9-12-5-7-14(8-6-12)20-11-13-3-1-2-4-15(13)16(18)19/h1-8H,9-11,17H2,(H2,18,19). The van der Waals surface area contributed by atoms with Gasteiger partial charge in [-0.2, -0.15) is 0 Å². The normalized spacial score (nSPS) is 10.2. The van der Waals surface area contributed by atoms with Crippen molar-refractivity contribution in [3.8, 4) is 5.75 Å². The third-order valence-electron chi connectivity index (χ3n) is 3.03. The van der Waals surface area contributed by atoms with Gasteiger partial charge in [-0.25, -0.2) is 0 Å². The van der Waals surface area contributed by atoms with Crippen molar-refractivity contribution in [2.24, 2.45) is 11.5 Å². The van der Waals surface area contributed by atoms with E-state index in [0.29, 0.717) is 18.7 Å². The van der Waals surface area contributed by atoms with Crippen LogP contribution in [-0.4, -0.2) is 12.5 Å². The van der Waals surface area contributed by atoms with Crippen LogP contribution in [0.5, 0.6) is 5.75 Å². The summed E-state index contributed by atoms with van der Waals surface area (Å²) in [6.07, 6.45) is 0.852. The lowest BCUT2D eigenvalue weighted by Gasteiger charge is -2.09. The Morgan fingerprint density at radius 3 is 2.40 bits per heavy atom. The molecular weight excluding hydrogens is 252 g/mol. The predicted octanol–water partition coefficient (Wildman–Crippen LogP) is 1.87. The molecule has 2 rings (SSSR count). The van der Waals surface area contributed by atoms with Crippen LogP contribution in [0.1, 0.15) is 21.5 Å². The highest BCUT2D eigenvalue weighted by molar-refractivity contribution is 5.94. The van der Waals surface area contributed by atoms with E-state index in [1.165, 1.54) is 5.56 Å². The molecule has 0 radical (unpaired) electrons. The molecule has 0 aliphatic heterocycles. The van der Waals surface area contributed by atoms with Gasteiger partial charge in [-0.15, -0.1) is 0 Å². The van der Waals surface area contributed by atoms with Crippen molar-refractivity contribution in [1.82, 2.24) is 0 Å². The smallest absolute Gasteiger partial charge is 0.249 e. The van der Waals surface area contributed by atoms with Crippen molar-refractivity contribution in [2.75, 3.05) is 6.54 Å². The van der Waals surface area contributed by atoms with Crippen LogP contribution in [0.15, 0.2) is 48.5 Å². The molecule has 2 aromatic rings. The molecule has 0 heterocycles. The predicted molar refractivity (Wildman–Crippen MR) is 78.5 cm³/mol. The van der Waals surface area contributed by atoms with Crippen molar-refractivity contribution in [3.05, 3.63) is 65.2 Å². The van der Waals surface area contributed by atoms with Gasteiger partial charge in [-0.3, -0.25) is 4.79 Å². The quantitative estimate of drug-likeness (QED) is 0.841. The maximum atomic E-state index is 11.3. The van der Waals surface area contributed by atoms with Crippen LogP contribution in [0.4, 0.5) is 0 Å². The molecular formula is C16H18N2O2. The second-order valence-corrected chi connectivity index (χ2v) is 4.49. The van der Waals surface area contributed by atoms with Crippen molar-refractivity contribution in [1.29, 1.82) is 0 Å². The van der Waals surface area contributed by atoms with Crippen LogP contribution < -0.4 is 16.2 Å². The Morgan fingerprint density at radius 1 is 1.05 bits per heavy atom. The molecule has 4 N–H and O–H groups in total. The van der Waals surface area contributed by atoms with Gasteiger partial charge in [0.2, 0.25) is 5.91 Å². The summed E-state index contributed by atoms with van der Waals surface area (Å²) in [6, 6.07) is 15.0. The highest BCUT2D eigenvalue weighted by atomic mass is 16.5. The number of ether oxygens (including phenoxy) is 1. The molecule has 0 spiro atoms. The van der Waals surface area contributed by atoms with Gasteiger partial charge in [0.05, 0.1) is 0 Å². The number of primary amides is 1. The first kappa shape index (κ1) is 14.1. The Balaban J connectivity index is 2.03. The van der Waals surface area contributed by atoms with Crippen LogP contribution in [0.25, 0.3) is 0 Å². The summed E-state index contributed by atoms with van der Waals surface area (Å²) in [5.41, 5.74) is 13.3. The van der Waals surface area contributed by atoms with Crippen molar-refractivity contribution in [3.63, 3.8) is 0 Å². The molecule has 0 atom stereocenters. The molecule has 0 unspecified atom stereocenters. The Labute approximate surface area is 118 Å². The van der Waals surface area contributed by atoms with Crippen molar-refractivity contribution < 1.29 is 9.53 Å². The number of hydrogen-bond donors (Lipinski definition) is 2. The molecule has 0 saturated heterocycles. The third kappa shape index (κ3) is 3.59. The van der Waals surface area contributed by atoms with E-state index in [0.717, 1.165) is 17.7 Å². The molecule has 0 fully saturated rings. The second kappa shape index (κ2) is 6.73. The van der Waals surface area contributed by atoms with Crippen LogP contribution >= 0.6 is 0 Å². The van der Waals surface area contributed by atoms with Crippen LogP contribution in [0.2, 0.25) is 0 Å². The first-order valence-electron chi connectivity index (χ1n) is 6.50. The van der Waals surface area contributed by atoms with Crippen molar-refractivity contribution >= 4 is 5.91 Å². The van der Waals surface area contributed by atoms with Crippen molar-refractivity contribution in [2.45, 2.75) is 13.0 Å². The number of benzene rings is 2. The average Bonchev–Trinajstić information content (AvgIpc) is 2.47. The van der Waals surface area contributed by atoms with E-state index in [4.69, 9.17) is 16.2 Å². The van der Waals surface area contributed by atoms with Gasteiger partial charge in [-0.1, -0.05) is 30.3 Å². The lowest BCUT2D eigenvalue weighted by molar-refractivity contribution is 0.0998. The Kier molecular flexibility index (Phi) is 4.74. The van der Waals surface area contributed by atoms with E-state index >= 15 is 0 Å². The largest absolute Gasteiger partial charge is 0.489 e. The molecule has 20 heavy (non-hydrogen) atoms. The minimum atomic E-state index is -0.442. The number of rotatable bonds is 6. The van der Waals surface area contributed by atoms with Crippen LogP contribution in [-0.2, 0) is 13.0 Å². The highest BCUT2D eigenvalue weighted by Gasteiger charge is 2.07. The van der Waals surface area contributed by atoms with Gasteiger partial charge in [0.25, 0.3) is 0 Å². The topological polar surface area (TPSA) is 78.3 Å². The fourth-order valence-electron chi connectivity index (χ4n) is 1.97. The zero-order valence-corrected chi connectivity index (χ0v) is 11.2. The molecule has 0 aliphatic rings. The van der Waals surface area contributed by atoms with Gasteiger partial charge in [-0.05, 0) is 36.7 Å². The van der Waals surface area contributed by atoms with E-state index in [1.54, 1.807) is 12.1 Å². The molecule has 0 aromatic heterocycles. The Morgan fingerprint density at radius 2 is 1.75 bits per heavy atom. The second-order valence-electron chi connectivity index (χ2n) is 4.49. The van der Waals surface area contributed by atoms with E-state index in [1.807, 2.05) is 36.4 Å². The zero-order valence-electron chi connectivity index (χ0n) is 11.2. The molecule has 0 aliphatic carbocycles. The summed E-state index contributed by atoms with van der Waals surface area (Å²) < 4.78 is 5.68. The number of amides is 1. The zero-order chi connectivity index (χ0) is 14.4. The fraction of sp³-hybridized carbons (Fsp3) is 0.188. The molecule has 104 valence electrons. The monoisotopic (exact) mass is 270 g/mol. The van der Waals surface area contributed by atoms with E-state index < -0.39 is 5.91 Å². The third-order valence-corrected chi connectivity index (χ3v) is 3.03. The minimum absolute atomic E-state index is 0.315. The fourth-order valence-corrected chi connectivity index (χ4v) is 1.97.